The molecule has 4 nitrogen and oxygen atoms in total. The molecule has 0 saturated carbocycles. The van der Waals surface area contributed by atoms with Crippen LogP contribution < -0.4 is 10.5 Å². The number of rotatable bonds is 2. The first kappa shape index (κ1) is 15.6. The molecule has 2 aromatic rings. The first-order valence-corrected chi connectivity index (χ1v) is 7.46. The third-order valence-electron chi connectivity index (χ3n) is 3.97. The predicted molar refractivity (Wildman–Crippen MR) is 81.4 cm³/mol. The van der Waals surface area contributed by atoms with E-state index in [1.54, 1.807) is 11.0 Å². The normalized spacial score (nSPS) is 15.7. The molecular weight excluding hydrogens is 307 g/mol. The van der Waals surface area contributed by atoms with E-state index in [9.17, 15) is 18.0 Å². The Kier molecular flexibility index (Phi) is 4.11. The van der Waals surface area contributed by atoms with Gasteiger partial charge in [0.25, 0.3) is 5.56 Å². The van der Waals surface area contributed by atoms with Gasteiger partial charge in [0.1, 0.15) is 0 Å². The maximum Gasteiger partial charge on any atom is 0.418 e. The van der Waals surface area contributed by atoms with Crippen molar-refractivity contribution in [2.75, 3.05) is 18.0 Å². The van der Waals surface area contributed by atoms with Crippen molar-refractivity contribution in [1.82, 2.24) is 9.97 Å². The number of alkyl halides is 3. The molecule has 1 aliphatic rings. The first-order chi connectivity index (χ1) is 10.9. The summed E-state index contributed by atoms with van der Waals surface area (Å²) in [6.45, 7) is 1.28. The van der Waals surface area contributed by atoms with Gasteiger partial charge in [-0.3, -0.25) is 4.79 Å². The van der Waals surface area contributed by atoms with Crippen LogP contribution in [0.25, 0.3) is 11.3 Å². The Bertz CT molecular complexity index is 728. The quantitative estimate of drug-likeness (QED) is 0.921. The summed E-state index contributed by atoms with van der Waals surface area (Å²) in [4.78, 5) is 19.1. The van der Waals surface area contributed by atoms with Crippen molar-refractivity contribution >= 4 is 5.69 Å². The van der Waals surface area contributed by atoms with E-state index in [0.717, 1.165) is 31.5 Å². The van der Waals surface area contributed by atoms with E-state index in [-0.39, 0.29) is 5.69 Å². The van der Waals surface area contributed by atoms with Gasteiger partial charge < -0.3 is 9.88 Å². The molecule has 1 N–H and O–H groups in total. The van der Waals surface area contributed by atoms with Gasteiger partial charge in [-0.15, -0.1) is 0 Å². The molecule has 23 heavy (non-hydrogen) atoms. The number of nitrogens with one attached hydrogen (secondary N) is 1. The summed E-state index contributed by atoms with van der Waals surface area (Å²) in [6.07, 6.45) is 0.794. The highest BCUT2D eigenvalue weighted by Gasteiger charge is 2.35. The zero-order valence-corrected chi connectivity index (χ0v) is 12.4. The van der Waals surface area contributed by atoms with Gasteiger partial charge in [0.05, 0.1) is 17.5 Å². The predicted octanol–water partition coefficient (Wildman–Crippen LogP) is 3.45. The molecule has 0 aliphatic carbocycles. The monoisotopic (exact) mass is 323 g/mol. The highest BCUT2D eigenvalue weighted by atomic mass is 19.4. The topological polar surface area (TPSA) is 49.0 Å². The van der Waals surface area contributed by atoms with Crippen molar-refractivity contribution in [3.8, 4) is 11.3 Å². The van der Waals surface area contributed by atoms with E-state index in [1.165, 1.54) is 12.3 Å². The standard InChI is InChI=1S/C16H16F3N3O/c17-16(18,19)12-8-11(13-9-21-15(23)10-20-13)4-5-14(12)22-6-2-1-3-7-22/h4-5,8-10H,1-3,6-7H2,(H,21,23). The van der Waals surface area contributed by atoms with Gasteiger partial charge in [-0.05, 0) is 31.4 Å². The highest BCUT2D eigenvalue weighted by molar-refractivity contribution is 5.67. The lowest BCUT2D eigenvalue weighted by molar-refractivity contribution is -0.137. The number of halogens is 3. The molecule has 0 bridgehead atoms. The Labute approximate surface area is 131 Å². The summed E-state index contributed by atoms with van der Waals surface area (Å²) in [7, 11) is 0. The summed E-state index contributed by atoms with van der Waals surface area (Å²) >= 11 is 0. The second kappa shape index (κ2) is 6.06. The molecule has 3 rings (SSSR count). The molecule has 7 heteroatoms. The Morgan fingerprint density at radius 1 is 1.13 bits per heavy atom. The summed E-state index contributed by atoms with van der Waals surface area (Å²) in [5, 5.41) is 0. The number of piperidine rings is 1. The summed E-state index contributed by atoms with van der Waals surface area (Å²) in [5.74, 6) is 0. The molecule has 0 amide bonds. The SMILES string of the molecule is O=c1cnc(-c2ccc(N3CCCCC3)c(C(F)(F)F)c2)c[nH]1. The van der Waals surface area contributed by atoms with Gasteiger partial charge in [0, 0.05) is 30.5 Å². The largest absolute Gasteiger partial charge is 0.418 e. The van der Waals surface area contributed by atoms with Gasteiger partial charge in [-0.25, -0.2) is 4.98 Å². The van der Waals surface area contributed by atoms with Gasteiger partial charge in [0.2, 0.25) is 0 Å². The second-order valence-corrected chi connectivity index (χ2v) is 5.57. The third kappa shape index (κ3) is 3.38. The average Bonchev–Trinajstić information content (AvgIpc) is 2.55. The Balaban J connectivity index is 2.04. The van der Waals surface area contributed by atoms with E-state index in [4.69, 9.17) is 0 Å². The summed E-state index contributed by atoms with van der Waals surface area (Å²) in [5.41, 5.74) is -0.209. The van der Waals surface area contributed by atoms with E-state index in [1.807, 2.05) is 0 Å². The molecule has 122 valence electrons. The van der Waals surface area contributed by atoms with E-state index >= 15 is 0 Å². The van der Waals surface area contributed by atoms with Crippen molar-refractivity contribution in [3.63, 3.8) is 0 Å². The van der Waals surface area contributed by atoms with Crippen LogP contribution in [0.3, 0.4) is 0 Å². The molecule has 0 unspecified atom stereocenters. The average molecular weight is 323 g/mol. The van der Waals surface area contributed by atoms with Crippen LogP contribution in [0.4, 0.5) is 18.9 Å². The van der Waals surface area contributed by atoms with Crippen LogP contribution in [0.1, 0.15) is 24.8 Å². The molecule has 1 saturated heterocycles. The lowest BCUT2D eigenvalue weighted by atomic mass is 10.0. The van der Waals surface area contributed by atoms with E-state index in [0.29, 0.717) is 24.3 Å². The summed E-state index contributed by atoms with van der Waals surface area (Å²) in [6, 6.07) is 4.21. The first-order valence-electron chi connectivity index (χ1n) is 7.46. The van der Waals surface area contributed by atoms with E-state index in [2.05, 4.69) is 9.97 Å². The van der Waals surface area contributed by atoms with Crippen molar-refractivity contribution in [3.05, 3.63) is 46.5 Å². The smallest absolute Gasteiger partial charge is 0.371 e. The minimum absolute atomic E-state index is 0.213. The number of hydrogen-bond donors (Lipinski definition) is 1. The fourth-order valence-corrected chi connectivity index (χ4v) is 2.83. The van der Waals surface area contributed by atoms with Crippen LogP contribution in [0.2, 0.25) is 0 Å². The summed E-state index contributed by atoms with van der Waals surface area (Å²) < 4.78 is 40.4. The minimum Gasteiger partial charge on any atom is -0.371 e. The maximum atomic E-state index is 13.5. The Morgan fingerprint density at radius 2 is 1.87 bits per heavy atom. The van der Waals surface area contributed by atoms with Gasteiger partial charge in [-0.1, -0.05) is 6.07 Å². The van der Waals surface area contributed by atoms with Crippen molar-refractivity contribution in [1.29, 1.82) is 0 Å². The lowest BCUT2D eigenvalue weighted by Gasteiger charge is -2.31. The van der Waals surface area contributed by atoms with Crippen LogP contribution in [-0.2, 0) is 6.18 Å². The molecular formula is C16H16F3N3O. The Hall–Kier alpha value is -2.31. The van der Waals surface area contributed by atoms with E-state index < -0.39 is 17.3 Å². The second-order valence-electron chi connectivity index (χ2n) is 5.57. The number of nitrogens with zero attached hydrogens (tertiary/aromatic N) is 2. The molecule has 1 aliphatic heterocycles. The Morgan fingerprint density at radius 3 is 2.48 bits per heavy atom. The van der Waals surface area contributed by atoms with Gasteiger partial charge >= 0.3 is 6.18 Å². The molecule has 1 aromatic carbocycles. The fourth-order valence-electron chi connectivity index (χ4n) is 2.83. The minimum atomic E-state index is -4.44. The van der Waals surface area contributed by atoms with Crippen LogP contribution in [-0.4, -0.2) is 23.1 Å². The number of H-pyrrole nitrogens is 1. The molecule has 1 fully saturated rings. The number of aromatic amines is 1. The highest BCUT2D eigenvalue weighted by Crippen LogP contribution is 2.39. The van der Waals surface area contributed by atoms with Crippen molar-refractivity contribution in [2.45, 2.75) is 25.4 Å². The lowest BCUT2D eigenvalue weighted by Crippen LogP contribution is -2.31. The maximum absolute atomic E-state index is 13.5. The number of benzene rings is 1. The molecule has 1 aromatic heterocycles. The zero-order valence-electron chi connectivity index (χ0n) is 12.4. The molecule has 2 heterocycles. The van der Waals surface area contributed by atoms with Crippen LogP contribution in [0, 0.1) is 0 Å². The van der Waals surface area contributed by atoms with Crippen molar-refractivity contribution in [2.24, 2.45) is 0 Å². The van der Waals surface area contributed by atoms with Gasteiger partial charge in [0.15, 0.2) is 0 Å². The third-order valence-corrected chi connectivity index (χ3v) is 3.97. The fraction of sp³-hybridized carbons (Fsp3) is 0.375. The number of aromatic nitrogens is 2. The van der Waals surface area contributed by atoms with Crippen LogP contribution in [0.15, 0.2) is 35.4 Å². The number of anilines is 1. The molecule has 0 radical (unpaired) electrons. The van der Waals surface area contributed by atoms with Crippen molar-refractivity contribution < 1.29 is 13.2 Å². The number of hydrogen-bond acceptors (Lipinski definition) is 3. The zero-order chi connectivity index (χ0) is 16.4. The van der Waals surface area contributed by atoms with Crippen LogP contribution >= 0.6 is 0 Å². The van der Waals surface area contributed by atoms with Gasteiger partial charge in [-0.2, -0.15) is 13.2 Å². The molecule has 0 atom stereocenters. The van der Waals surface area contributed by atoms with Crippen LogP contribution in [0.5, 0.6) is 0 Å². The molecule has 0 spiro atoms.